The number of aliphatic carboxylic acids is 1. The molecule has 2 rings (SSSR count). The lowest BCUT2D eigenvalue weighted by Gasteiger charge is -2.24. The molecule has 8 nitrogen and oxygen atoms in total. The number of nitrogens with two attached hydrogens (primary N) is 2. The van der Waals surface area contributed by atoms with Crippen LogP contribution >= 0.6 is 11.6 Å². The molecule has 28 heavy (non-hydrogen) atoms. The summed E-state index contributed by atoms with van der Waals surface area (Å²) in [6.07, 6.45) is 2.26. The standard InChI is InChI=1S/C19H23ClN4O4/c1-10-13(20)5-2-6-14(10)24-17-15(18(25)26)11(7-9-23-17)12(4-3-8-21)16(22)19(27)28/h2,5-7,9,12,16H,3-4,8,21-22H2,1H3,(H,23,24)(H,25,26)(H,27,28)/t12?,16-/m0/s1. The molecule has 0 radical (unpaired) electrons. The molecule has 9 heteroatoms. The fraction of sp³-hybridized carbons (Fsp3) is 0.316. The largest absolute Gasteiger partial charge is 0.480 e. The summed E-state index contributed by atoms with van der Waals surface area (Å²) in [5.41, 5.74) is 12.9. The number of anilines is 2. The van der Waals surface area contributed by atoms with Crippen LogP contribution in [0.4, 0.5) is 11.5 Å². The monoisotopic (exact) mass is 406 g/mol. The Morgan fingerprint density at radius 3 is 2.61 bits per heavy atom. The summed E-state index contributed by atoms with van der Waals surface area (Å²) in [5.74, 6) is -3.09. The van der Waals surface area contributed by atoms with E-state index in [1.807, 2.05) is 0 Å². The van der Waals surface area contributed by atoms with Gasteiger partial charge in [-0.05, 0) is 55.6 Å². The molecule has 0 bridgehead atoms. The number of hydrogen-bond acceptors (Lipinski definition) is 6. The molecule has 0 fully saturated rings. The van der Waals surface area contributed by atoms with Gasteiger partial charge < -0.3 is 27.0 Å². The highest BCUT2D eigenvalue weighted by Gasteiger charge is 2.30. The molecule has 0 saturated heterocycles. The quantitative estimate of drug-likeness (QED) is 0.426. The van der Waals surface area contributed by atoms with E-state index in [-0.39, 0.29) is 11.4 Å². The molecule has 0 saturated carbocycles. The van der Waals surface area contributed by atoms with E-state index in [2.05, 4.69) is 10.3 Å². The van der Waals surface area contributed by atoms with Crippen molar-refractivity contribution >= 4 is 35.0 Å². The van der Waals surface area contributed by atoms with Crippen molar-refractivity contribution in [2.45, 2.75) is 31.7 Å². The van der Waals surface area contributed by atoms with Gasteiger partial charge in [0.05, 0.1) is 0 Å². The summed E-state index contributed by atoms with van der Waals surface area (Å²) in [7, 11) is 0. The van der Waals surface area contributed by atoms with Crippen molar-refractivity contribution in [3.63, 3.8) is 0 Å². The van der Waals surface area contributed by atoms with Crippen molar-refractivity contribution in [1.29, 1.82) is 0 Å². The van der Waals surface area contributed by atoms with Crippen LogP contribution in [-0.4, -0.2) is 39.7 Å². The van der Waals surface area contributed by atoms with Crippen LogP contribution in [0, 0.1) is 6.92 Å². The van der Waals surface area contributed by atoms with E-state index in [4.69, 9.17) is 23.1 Å². The number of carboxylic acid groups (broad SMARTS) is 2. The first-order valence-electron chi connectivity index (χ1n) is 8.70. The highest BCUT2D eigenvalue weighted by Crippen LogP contribution is 2.33. The van der Waals surface area contributed by atoms with Crippen LogP contribution in [0.3, 0.4) is 0 Å². The Labute approximate surface area is 167 Å². The van der Waals surface area contributed by atoms with Gasteiger partial charge in [0, 0.05) is 22.8 Å². The van der Waals surface area contributed by atoms with Crippen LogP contribution in [0.2, 0.25) is 5.02 Å². The second kappa shape index (κ2) is 9.50. The van der Waals surface area contributed by atoms with Gasteiger partial charge in [-0.1, -0.05) is 17.7 Å². The highest BCUT2D eigenvalue weighted by atomic mass is 35.5. The molecule has 150 valence electrons. The number of aromatic nitrogens is 1. The number of halogens is 1. The normalized spacial score (nSPS) is 13.0. The van der Waals surface area contributed by atoms with E-state index in [1.165, 1.54) is 12.3 Å². The summed E-state index contributed by atoms with van der Waals surface area (Å²) in [6.45, 7) is 2.13. The molecular weight excluding hydrogens is 384 g/mol. The van der Waals surface area contributed by atoms with E-state index < -0.39 is 23.9 Å². The Bertz CT molecular complexity index is 875. The Kier molecular flexibility index (Phi) is 7.33. The lowest BCUT2D eigenvalue weighted by atomic mass is 9.85. The maximum atomic E-state index is 12.0. The van der Waals surface area contributed by atoms with Crippen molar-refractivity contribution in [2.75, 3.05) is 11.9 Å². The van der Waals surface area contributed by atoms with Crippen LogP contribution < -0.4 is 16.8 Å². The summed E-state index contributed by atoms with van der Waals surface area (Å²) in [4.78, 5) is 27.6. The smallest absolute Gasteiger partial charge is 0.339 e. The van der Waals surface area contributed by atoms with E-state index >= 15 is 0 Å². The predicted octanol–water partition coefficient (Wildman–Crippen LogP) is 2.72. The van der Waals surface area contributed by atoms with Gasteiger partial charge >= 0.3 is 11.9 Å². The third-order valence-corrected chi connectivity index (χ3v) is 4.96. The van der Waals surface area contributed by atoms with E-state index in [1.54, 1.807) is 25.1 Å². The Morgan fingerprint density at radius 1 is 1.29 bits per heavy atom. The Balaban J connectivity index is 2.56. The van der Waals surface area contributed by atoms with E-state index in [0.717, 1.165) is 5.56 Å². The van der Waals surface area contributed by atoms with Crippen molar-refractivity contribution in [1.82, 2.24) is 4.98 Å². The molecule has 2 atom stereocenters. The van der Waals surface area contributed by atoms with Gasteiger partial charge in [-0.2, -0.15) is 0 Å². The van der Waals surface area contributed by atoms with E-state index in [0.29, 0.717) is 35.7 Å². The number of hydrogen-bond donors (Lipinski definition) is 5. The number of carboxylic acids is 2. The maximum absolute atomic E-state index is 12.0. The molecule has 0 amide bonds. The Hall–Kier alpha value is -2.68. The Morgan fingerprint density at radius 2 is 2.00 bits per heavy atom. The van der Waals surface area contributed by atoms with Gasteiger partial charge in [-0.3, -0.25) is 4.79 Å². The number of carbonyl (C=O) groups is 2. The topological polar surface area (TPSA) is 152 Å². The fourth-order valence-corrected chi connectivity index (χ4v) is 3.19. The first-order chi connectivity index (χ1) is 13.3. The molecule has 0 aliphatic rings. The van der Waals surface area contributed by atoms with Crippen molar-refractivity contribution in [2.24, 2.45) is 11.5 Å². The van der Waals surface area contributed by atoms with Gasteiger partial charge in [-0.25, -0.2) is 9.78 Å². The van der Waals surface area contributed by atoms with Crippen molar-refractivity contribution in [3.05, 3.63) is 52.2 Å². The maximum Gasteiger partial charge on any atom is 0.339 e. The molecular formula is C19H23ClN4O4. The molecule has 1 heterocycles. The molecule has 0 spiro atoms. The van der Waals surface area contributed by atoms with Gasteiger partial charge in [0.1, 0.15) is 17.4 Å². The third kappa shape index (κ3) is 4.78. The molecule has 1 unspecified atom stereocenters. The number of rotatable bonds is 9. The minimum Gasteiger partial charge on any atom is -0.480 e. The zero-order chi connectivity index (χ0) is 20.8. The van der Waals surface area contributed by atoms with Crippen LogP contribution in [0.25, 0.3) is 0 Å². The van der Waals surface area contributed by atoms with Gasteiger partial charge in [0.25, 0.3) is 0 Å². The van der Waals surface area contributed by atoms with Crippen LogP contribution in [0.5, 0.6) is 0 Å². The number of nitrogens with zero attached hydrogens (tertiary/aromatic N) is 1. The van der Waals surface area contributed by atoms with Gasteiger partial charge in [0.2, 0.25) is 0 Å². The van der Waals surface area contributed by atoms with Crippen molar-refractivity contribution < 1.29 is 19.8 Å². The lowest BCUT2D eigenvalue weighted by Crippen LogP contribution is -2.37. The molecule has 0 aliphatic carbocycles. The summed E-state index contributed by atoms with van der Waals surface area (Å²) in [5, 5.41) is 22.7. The zero-order valence-electron chi connectivity index (χ0n) is 15.4. The SMILES string of the molecule is Cc1c(Cl)cccc1Nc1nccc(C(CCCN)[C@H](N)C(=O)O)c1C(=O)O. The zero-order valence-corrected chi connectivity index (χ0v) is 16.1. The molecule has 2 aromatic rings. The average molecular weight is 407 g/mol. The first-order valence-corrected chi connectivity index (χ1v) is 9.08. The number of benzene rings is 1. The molecule has 0 aliphatic heterocycles. The minimum absolute atomic E-state index is 0.0886. The molecule has 1 aromatic carbocycles. The van der Waals surface area contributed by atoms with E-state index in [9.17, 15) is 19.8 Å². The summed E-state index contributed by atoms with van der Waals surface area (Å²) < 4.78 is 0. The first kappa shape index (κ1) is 21.6. The van der Waals surface area contributed by atoms with Crippen LogP contribution in [0.1, 0.15) is 40.2 Å². The number of pyridine rings is 1. The van der Waals surface area contributed by atoms with Gasteiger partial charge in [0.15, 0.2) is 0 Å². The predicted molar refractivity (Wildman–Crippen MR) is 107 cm³/mol. The number of aromatic carboxylic acids is 1. The third-order valence-electron chi connectivity index (χ3n) is 4.56. The second-order valence-electron chi connectivity index (χ2n) is 6.37. The van der Waals surface area contributed by atoms with Crippen LogP contribution in [0.15, 0.2) is 30.5 Å². The fourth-order valence-electron chi connectivity index (χ4n) is 3.01. The molecule has 1 aromatic heterocycles. The molecule has 7 N–H and O–H groups in total. The van der Waals surface area contributed by atoms with Crippen molar-refractivity contribution in [3.8, 4) is 0 Å². The summed E-state index contributed by atoms with van der Waals surface area (Å²) in [6, 6.07) is 5.41. The highest BCUT2D eigenvalue weighted by molar-refractivity contribution is 6.31. The van der Waals surface area contributed by atoms with Gasteiger partial charge in [-0.15, -0.1) is 0 Å². The lowest BCUT2D eigenvalue weighted by molar-refractivity contribution is -0.139. The number of nitrogens with one attached hydrogen (secondary N) is 1. The average Bonchev–Trinajstić information content (AvgIpc) is 2.65. The summed E-state index contributed by atoms with van der Waals surface area (Å²) >= 11 is 6.13. The second-order valence-corrected chi connectivity index (χ2v) is 6.77. The van der Waals surface area contributed by atoms with Crippen LogP contribution in [-0.2, 0) is 4.79 Å². The minimum atomic E-state index is -1.27.